The molecule has 0 aliphatic heterocycles. The molecule has 0 aliphatic rings. The zero-order valence-electron chi connectivity index (χ0n) is 13.5. The lowest BCUT2D eigenvalue weighted by molar-refractivity contribution is 0.0713. The average molecular weight is 318 g/mol. The summed E-state index contributed by atoms with van der Waals surface area (Å²) in [6.45, 7) is 5.28. The van der Waals surface area contributed by atoms with Gasteiger partial charge in [-0.15, -0.1) is 0 Å². The summed E-state index contributed by atoms with van der Waals surface area (Å²) in [5.41, 5.74) is 0.485. The number of nitrogens with one attached hydrogen (secondary N) is 3. The Labute approximate surface area is 134 Å². The summed E-state index contributed by atoms with van der Waals surface area (Å²) in [5, 5.41) is 18.6. The van der Waals surface area contributed by atoms with Crippen molar-refractivity contribution in [3.05, 3.63) is 51.7 Å². The lowest BCUT2D eigenvalue weighted by Crippen LogP contribution is -2.27. The molecule has 23 heavy (non-hydrogen) atoms. The number of carbonyl (C=O) groups is 1. The van der Waals surface area contributed by atoms with Crippen molar-refractivity contribution >= 4 is 5.91 Å². The molecule has 2 rings (SSSR count). The maximum atomic E-state index is 12.2. The zero-order valence-corrected chi connectivity index (χ0v) is 13.5. The van der Waals surface area contributed by atoms with Crippen molar-refractivity contribution in [2.45, 2.75) is 45.3 Å². The molecule has 1 heterocycles. The third-order valence-corrected chi connectivity index (χ3v) is 3.52. The van der Waals surface area contributed by atoms with E-state index in [1.54, 1.807) is 32.9 Å². The molecule has 0 unspecified atom stereocenters. The van der Waals surface area contributed by atoms with Gasteiger partial charge in [0.25, 0.3) is 5.91 Å². The van der Waals surface area contributed by atoms with Crippen LogP contribution in [0.1, 0.15) is 55.0 Å². The minimum absolute atomic E-state index is 0.240. The van der Waals surface area contributed by atoms with E-state index in [1.165, 1.54) is 0 Å². The Bertz CT molecular complexity index is 710. The topological polar surface area (TPSA) is 111 Å². The maximum Gasteiger partial charge on any atom is 0.340 e. The minimum Gasteiger partial charge on any atom is -0.390 e. The number of aromatic amines is 2. The molecular formula is C16H22N4O3. The van der Waals surface area contributed by atoms with Gasteiger partial charge in [-0.25, -0.2) is 9.89 Å². The number of aromatic nitrogens is 3. The van der Waals surface area contributed by atoms with Gasteiger partial charge in [-0.05, 0) is 51.3 Å². The Hall–Kier alpha value is -2.41. The number of benzene rings is 1. The third-order valence-electron chi connectivity index (χ3n) is 3.52. The lowest BCUT2D eigenvalue weighted by atomic mass is 9.98. The molecule has 1 atom stereocenters. The molecule has 0 fully saturated rings. The van der Waals surface area contributed by atoms with E-state index >= 15 is 0 Å². The Kier molecular flexibility index (Phi) is 5.00. The number of amides is 1. The molecule has 1 aromatic heterocycles. The lowest BCUT2D eigenvalue weighted by Gasteiger charge is -2.16. The van der Waals surface area contributed by atoms with Gasteiger partial charge in [0.1, 0.15) is 0 Å². The van der Waals surface area contributed by atoms with Crippen LogP contribution in [0.4, 0.5) is 0 Å². The molecule has 4 N–H and O–H groups in total. The summed E-state index contributed by atoms with van der Waals surface area (Å²) in [7, 11) is 0. The SMILES string of the molecule is C[C@H](NC(=O)c1ccc(CCC(C)(C)O)cc1)c1n[nH]c(=O)[nH]1. The molecule has 0 spiro atoms. The minimum atomic E-state index is -0.702. The van der Waals surface area contributed by atoms with Crippen LogP contribution in [0, 0.1) is 0 Å². The van der Waals surface area contributed by atoms with Crippen molar-refractivity contribution in [1.29, 1.82) is 0 Å². The molecule has 1 aromatic carbocycles. The van der Waals surface area contributed by atoms with Gasteiger partial charge in [-0.3, -0.25) is 9.78 Å². The number of nitrogens with zero attached hydrogens (tertiary/aromatic N) is 1. The Balaban J connectivity index is 1.96. The second kappa shape index (κ2) is 6.78. The van der Waals surface area contributed by atoms with Gasteiger partial charge in [-0.1, -0.05) is 12.1 Å². The molecular weight excluding hydrogens is 296 g/mol. The van der Waals surface area contributed by atoms with E-state index in [2.05, 4.69) is 20.5 Å². The fourth-order valence-corrected chi connectivity index (χ4v) is 2.11. The number of aryl methyl sites for hydroxylation is 1. The molecule has 0 aliphatic carbocycles. The van der Waals surface area contributed by atoms with Crippen LogP contribution in [0.15, 0.2) is 29.1 Å². The van der Waals surface area contributed by atoms with Crippen LogP contribution in [-0.4, -0.2) is 31.8 Å². The first-order valence-corrected chi connectivity index (χ1v) is 7.51. The van der Waals surface area contributed by atoms with E-state index in [4.69, 9.17) is 0 Å². The van der Waals surface area contributed by atoms with Crippen LogP contribution in [0.2, 0.25) is 0 Å². The van der Waals surface area contributed by atoms with Crippen molar-refractivity contribution in [2.24, 2.45) is 0 Å². The summed E-state index contributed by atoms with van der Waals surface area (Å²) >= 11 is 0. The average Bonchev–Trinajstić information content (AvgIpc) is 2.91. The maximum absolute atomic E-state index is 12.2. The second-order valence-corrected chi connectivity index (χ2v) is 6.27. The van der Waals surface area contributed by atoms with Crippen molar-refractivity contribution in [3.8, 4) is 0 Å². The first kappa shape index (κ1) is 17.0. The summed E-state index contributed by atoms with van der Waals surface area (Å²) in [6.07, 6.45) is 1.40. The van der Waals surface area contributed by atoms with Gasteiger partial charge >= 0.3 is 5.69 Å². The van der Waals surface area contributed by atoms with E-state index in [9.17, 15) is 14.7 Å². The first-order chi connectivity index (χ1) is 10.7. The van der Waals surface area contributed by atoms with Crippen LogP contribution in [-0.2, 0) is 6.42 Å². The van der Waals surface area contributed by atoms with Gasteiger partial charge in [-0.2, -0.15) is 5.10 Å². The van der Waals surface area contributed by atoms with Crippen LogP contribution < -0.4 is 11.0 Å². The van der Waals surface area contributed by atoms with Gasteiger partial charge in [0, 0.05) is 5.56 Å². The first-order valence-electron chi connectivity index (χ1n) is 7.51. The smallest absolute Gasteiger partial charge is 0.340 e. The highest BCUT2D eigenvalue weighted by molar-refractivity contribution is 5.94. The standard InChI is InChI=1S/C16H22N4O3/c1-10(13-18-15(22)20-19-13)17-14(21)12-6-4-11(5-7-12)8-9-16(2,3)23/h4-7,10,23H,8-9H2,1-3H3,(H,17,21)(H2,18,19,20,22)/t10-/m0/s1. The zero-order chi connectivity index (χ0) is 17.0. The molecule has 2 aromatic rings. The molecule has 7 nitrogen and oxygen atoms in total. The molecule has 0 radical (unpaired) electrons. The van der Waals surface area contributed by atoms with Gasteiger partial charge in [0.2, 0.25) is 0 Å². The number of hydrogen-bond donors (Lipinski definition) is 4. The molecule has 0 saturated carbocycles. The summed E-state index contributed by atoms with van der Waals surface area (Å²) in [4.78, 5) is 25.7. The number of carbonyl (C=O) groups excluding carboxylic acids is 1. The Morgan fingerprint density at radius 2 is 2.00 bits per heavy atom. The predicted octanol–water partition coefficient (Wildman–Crippen LogP) is 1.29. The summed E-state index contributed by atoms with van der Waals surface area (Å²) in [6, 6.07) is 6.84. The Morgan fingerprint density at radius 1 is 1.35 bits per heavy atom. The highest BCUT2D eigenvalue weighted by Crippen LogP contribution is 2.14. The number of rotatable bonds is 6. The van der Waals surface area contributed by atoms with Crippen molar-refractivity contribution in [1.82, 2.24) is 20.5 Å². The van der Waals surface area contributed by atoms with Gasteiger partial charge in [0.05, 0.1) is 11.6 Å². The number of hydrogen-bond acceptors (Lipinski definition) is 4. The second-order valence-electron chi connectivity index (χ2n) is 6.27. The number of aliphatic hydroxyl groups is 1. The summed E-state index contributed by atoms with van der Waals surface area (Å²) in [5.74, 6) is 0.139. The van der Waals surface area contributed by atoms with Crippen LogP contribution in [0.3, 0.4) is 0 Å². The van der Waals surface area contributed by atoms with Gasteiger partial charge < -0.3 is 10.4 Å². The largest absolute Gasteiger partial charge is 0.390 e. The van der Waals surface area contributed by atoms with Crippen molar-refractivity contribution in [3.63, 3.8) is 0 Å². The monoisotopic (exact) mass is 318 g/mol. The fourth-order valence-electron chi connectivity index (χ4n) is 2.11. The summed E-state index contributed by atoms with van der Waals surface area (Å²) < 4.78 is 0. The molecule has 124 valence electrons. The van der Waals surface area contributed by atoms with E-state index in [0.717, 1.165) is 12.0 Å². The quantitative estimate of drug-likeness (QED) is 0.643. The number of H-pyrrole nitrogens is 2. The van der Waals surface area contributed by atoms with Crippen LogP contribution in [0.5, 0.6) is 0 Å². The fraction of sp³-hybridized carbons (Fsp3) is 0.438. The molecule has 0 bridgehead atoms. The van der Waals surface area contributed by atoms with E-state index in [0.29, 0.717) is 17.8 Å². The molecule has 0 saturated heterocycles. The van der Waals surface area contributed by atoms with Crippen molar-refractivity contribution in [2.75, 3.05) is 0 Å². The normalized spacial score (nSPS) is 12.9. The van der Waals surface area contributed by atoms with Crippen LogP contribution in [0.25, 0.3) is 0 Å². The predicted molar refractivity (Wildman–Crippen MR) is 86.2 cm³/mol. The third kappa shape index (κ3) is 5.07. The van der Waals surface area contributed by atoms with Crippen molar-refractivity contribution < 1.29 is 9.90 Å². The highest BCUT2D eigenvalue weighted by atomic mass is 16.3. The Morgan fingerprint density at radius 3 is 2.52 bits per heavy atom. The molecule has 1 amide bonds. The van der Waals surface area contributed by atoms with E-state index in [-0.39, 0.29) is 5.91 Å². The van der Waals surface area contributed by atoms with Gasteiger partial charge in [0.15, 0.2) is 5.82 Å². The van der Waals surface area contributed by atoms with Crippen LogP contribution >= 0.6 is 0 Å². The molecule has 7 heteroatoms. The highest BCUT2D eigenvalue weighted by Gasteiger charge is 2.15. The van der Waals surface area contributed by atoms with E-state index in [1.807, 2.05) is 12.1 Å². The van der Waals surface area contributed by atoms with E-state index < -0.39 is 17.3 Å².